The van der Waals surface area contributed by atoms with E-state index in [0.29, 0.717) is 11.3 Å². The van der Waals surface area contributed by atoms with E-state index >= 15 is 0 Å². The summed E-state index contributed by atoms with van der Waals surface area (Å²) in [5.74, 6) is 0. The molecule has 0 fully saturated rings. The summed E-state index contributed by atoms with van der Waals surface area (Å²) in [6.07, 6.45) is 4.93. The second-order valence-corrected chi connectivity index (χ2v) is 8.43. The highest BCUT2D eigenvalue weighted by Crippen LogP contribution is 2.30. The largest absolute Gasteiger partial charge is 0.279 e. The van der Waals surface area contributed by atoms with Crippen LogP contribution in [0.3, 0.4) is 0 Å². The molecule has 0 spiro atoms. The molecule has 0 aliphatic heterocycles. The van der Waals surface area contributed by atoms with Crippen LogP contribution in [0.4, 0.5) is 5.69 Å². The van der Waals surface area contributed by atoms with Crippen LogP contribution in [0.25, 0.3) is 0 Å². The first-order valence-corrected chi connectivity index (χ1v) is 10.2. The van der Waals surface area contributed by atoms with Crippen molar-refractivity contribution in [2.45, 2.75) is 43.9 Å². The first-order chi connectivity index (χ1) is 11.0. The molecular formula is C18H20BrNO2S. The van der Waals surface area contributed by atoms with E-state index < -0.39 is 10.0 Å². The molecule has 0 radical (unpaired) electrons. The van der Waals surface area contributed by atoms with Gasteiger partial charge in [0.2, 0.25) is 0 Å². The lowest BCUT2D eigenvalue weighted by atomic mass is 9.91. The second kappa shape index (κ2) is 6.65. The third-order valence-electron chi connectivity index (χ3n) is 4.33. The molecule has 0 unspecified atom stereocenters. The van der Waals surface area contributed by atoms with Crippen LogP contribution in [-0.2, 0) is 29.3 Å². The molecule has 1 aliphatic carbocycles. The van der Waals surface area contributed by atoms with E-state index in [1.807, 2.05) is 25.1 Å². The van der Waals surface area contributed by atoms with Crippen molar-refractivity contribution >= 4 is 31.6 Å². The van der Waals surface area contributed by atoms with E-state index in [0.717, 1.165) is 40.5 Å². The highest BCUT2D eigenvalue weighted by molar-refractivity contribution is 9.10. The van der Waals surface area contributed by atoms with Crippen molar-refractivity contribution in [1.82, 2.24) is 0 Å². The summed E-state index contributed by atoms with van der Waals surface area (Å²) >= 11 is 3.40. The maximum Gasteiger partial charge on any atom is 0.262 e. The van der Waals surface area contributed by atoms with Crippen molar-refractivity contribution in [3.63, 3.8) is 0 Å². The van der Waals surface area contributed by atoms with Crippen molar-refractivity contribution in [1.29, 1.82) is 0 Å². The number of nitrogens with one attached hydrogen (secondary N) is 1. The minimum absolute atomic E-state index is 0.358. The van der Waals surface area contributed by atoms with Crippen LogP contribution in [-0.4, -0.2) is 8.42 Å². The molecule has 122 valence electrons. The maximum atomic E-state index is 12.9. The van der Waals surface area contributed by atoms with Crippen LogP contribution >= 0.6 is 15.9 Å². The Morgan fingerprint density at radius 1 is 1.13 bits per heavy atom. The maximum absolute atomic E-state index is 12.9. The molecule has 1 aliphatic rings. The Kier molecular flexibility index (Phi) is 4.78. The third-order valence-corrected chi connectivity index (χ3v) is 6.29. The van der Waals surface area contributed by atoms with Gasteiger partial charge in [0.25, 0.3) is 10.0 Å². The quantitative estimate of drug-likeness (QED) is 0.818. The minimum atomic E-state index is -3.58. The number of hydrogen-bond donors (Lipinski definition) is 1. The van der Waals surface area contributed by atoms with Gasteiger partial charge >= 0.3 is 0 Å². The van der Waals surface area contributed by atoms with E-state index in [1.165, 1.54) is 12.0 Å². The fraction of sp³-hybridized carbons (Fsp3) is 0.333. The van der Waals surface area contributed by atoms with Crippen LogP contribution in [0.1, 0.15) is 36.5 Å². The molecule has 0 heterocycles. The van der Waals surface area contributed by atoms with Crippen LogP contribution < -0.4 is 4.72 Å². The smallest absolute Gasteiger partial charge is 0.262 e. The Labute approximate surface area is 146 Å². The van der Waals surface area contributed by atoms with Crippen molar-refractivity contribution in [3.05, 3.63) is 57.6 Å². The number of fused-ring (bicyclic) bond motifs is 1. The SMILES string of the molecule is CCc1cc(Br)ccc1S(=O)(=O)Nc1cccc2c1CCCC2. The van der Waals surface area contributed by atoms with Gasteiger partial charge in [-0.3, -0.25) is 4.72 Å². The summed E-state index contributed by atoms with van der Waals surface area (Å²) in [5.41, 5.74) is 3.96. The molecule has 0 amide bonds. The van der Waals surface area contributed by atoms with Crippen LogP contribution in [0.2, 0.25) is 0 Å². The molecule has 2 aromatic carbocycles. The van der Waals surface area contributed by atoms with E-state index in [2.05, 4.69) is 26.7 Å². The van der Waals surface area contributed by atoms with Crippen LogP contribution in [0.5, 0.6) is 0 Å². The summed E-state index contributed by atoms with van der Waals surface area (Å²) in [6.45, 7) is 1.96. The molecule has 2 aromatic rings. The monoisotopic (exact) mass is 393 g/mol. The first-order valence-electron chi connectivity index (χ1n) is 7.93. The lowest BCUT2D eigenvalue weighted by molar-refractivity contribution is 0.600. The molecule has 0 saturated heterocycles. The van der Waals surface area contributed by atoms with E-state index in [1.54, 1.807) is 12.1 Å². The third kappa shape index (κ3) is 3.45. The van der Waals surface area contributed by atoms with Gasteiger partial charge in [0.05, 0.1) is 10.6 Å². The summed E-state index contributed by atoms with van der Waals surface area (Å²) < 4.78 is 29.4. The van der Waals surface area contributed by atoms with E-state index in [-0.39, 0.29) is 0 Å². The standard InChI is InChI=1S/C18H20BrNO2S/c1-2-13-12-15(19)10-11-18(13)23(21,22)20-17-9-5-7-14-6-3-4-8-16(14)17/h5,7,9-12,20H,2-4,6,8H2,1H3. The van der Waals surface area contributed by atoms with Gasteiger partial charge in [0.15, 0.2) is 0 Å². The number of anilines is 1. The first kappa shape index (κ1) is 16.5. The van der Waals surface area contributed by atoms with Gasteiger partial charge in [0, 0.05) is 4.47 Å². The Morgan fingerprint density at radius 3 is 2.70 bits per heavy atom. The molecule has 0 atom stereocenters. The molecule has 3 rings (SSSR count). The van der Waals surface area contributed by atoms with E-state index in [4.69, 9.17) is 0 Å². The fourth-order valence-corrected chi connectivity index (χ4v) is 4.96. The lowest BCUT2D eigenvalue weighted by Gasteiger charge is -2.20. The average Bonchev–Trinajstić information content (AvgIpc) is 2.54. The zero-order chi connectivity index (χ0) is 16.4. The molecule has 5 heteroatoms. The van der Waals surface area contributed by atoms with Gasteiger partial charge in [-0.2, -0.15) is 0 Å². The van der Waals surface area contributed by atoms with Crippen molar-refractivity contribution in [3.8, 4) is 0 Å². The molecule has 0 saturated carbocycles. The molecule has 0 aromatic heterocycles. The summed E-state index contributed by atoms with van der Waals surface area (Å²) in [5, 5.41) is 0. The van der Waals surface area contributed by atoms with Gasteiger partial charge in [-0.15, -0.1) is 0 Å². The normalized spacial score (nSPS) is 14.3. The lowest BCUT2D eigenvalue weighted by Crippen LogP contribution is -2.17. The molecular weight excluding hydrogens is 374 g/mol. The summed E-state index contributed by atoms with van der Waals surface area (Å²) in [4.78, 5) is 0.358. The minimum Gasteiger partial charge on any atom is -0.279 e. The molecule has 0 bridgehead atoms. The number of sulfonamides is 1. The number of aryl methyl sites for hydroxylation is 2. The highest BCUT2D eigenvalue weighted by Gasteiger charge is 2.21. The predicted molar refractivity (Wildman–Crippen MR) is 97.4 cm³/mol. The summed E-state index contributed by atoms with van der Waals surface area (Å²) in [6, 6.07) is 11.2. The summed E-state index contributed by atoms with van der Waals surface area (Å²) in [7, 11) is -3.58. The fourth-order valence-electron chi connectivity index (χ4n) is 3.16. The Balaban J connectivity index is 2.00. The van der Waals surface area contributed by atoms with Gasteiger partial charge in [0.1, 0.15) is 0 Å². The molecule has 23 heavy (non-hydrogen) atoms. The van der Waals surface area contributed by atoms with Gasteiger partial charge in [-0.1, -0.05) is 35.0 Å². The average molecular weight is 394 g/mol. The topological polar surface area (TPSA) is 46.2 Å². The number of hydrogen-bond acceptors (Lipinski definition) is 2. The van der Waals surface area contributed by atoms with E-state index in [9.17, 15) is 8.42 Å². The zero-order valence-electron chi connectivity index (χ0n) is 13.1. The Bertz CT molecular complexity index is 831. The van der Waals surface area contributed by atoms with Crippen LogP contribution in [0, 0.1) is 0 Å². The Morgan fingerprint density at radius 2 is 1.91 bits per heavy atom. The van der Waals surface area contributed by atoms with Crippen molar-refractivity contribution in [2.24, 2.45) is 0 Å². The molecule has 3 nitrogen and oxygen atoms in total. The van der Waals surface area contributed by atoms with Gasteiger partial charge in [-0.25, -0.2) is 8.42 Å². The predicted octanol–water partition coefficient (Wildman–Crippen LogP) is 4.69. The number of halogens is 1. The zero-order valence-corrected chi connectivity index (χ0v) is 15.5. The van der Waals surface area contributed by atoms with Crippen molar-refractivity contribution < 1.29 is 8.42 Å². The van der Waals surface area contributed by atoms with Crippen molar-refractivity contribution in [2.75, 3.05) is 4.72 Å². The van der Waals surface area contributed by atoms with Gasteiger partial charge in [-0.05, 0) is 73.1 Å². The Hall–Kier alpha value is -1.33. The molecule has 1 N–H and O–H groups in total. The van der Waals surface area contributed by atoms with Crippen LogP contribution in [0.15, 0.2) is 45.8 Å². The number of rotatable bonds is 4. The van der Waals surface area contributed by atoms with Gasteiger partial charge < -0.3 is 0 Å². The highest BCUT2D eigenvalue weighted by atomic mass is 79.9. The number of benzene rings is 2. The second-order valence-electron chi connectivity index (χ2n) is 5.86.